The van der Waals surface area contributed by atoms with E-state index >= 15 is 0 Å². The van der Waals surface area contributed by atoms with Crippen LogP contribution in [0.15, 0.2) is 0 Å². The lowest BCUT2D eigenvalue weighted by Crippen LogP contribution is -2.15. The van der Waals surface area contributed by atoms with Gasteiger partial charge in [-0.2, -0.15) is 11.8 Å². The van der Waals surface area contributed by atoms with Crippen LogP contribution in [0, 0.1) is 0 Å². The molecule has 0 amide bonds. The summed E-state index contributed by atoms with van der Waals surface area (Å²) in [6.45, 7) is 7.95. The van der Waals surface area contributed by atoms with Crippen molar-refractivity contribution in [3.8, 4) is 0 Å². The zero-order chi connectivity index (χ0) is 12.2. The summed E-state index contributed by atoms with van der Waals surface area (Å²) in [4.78, 5) is 5.63. The Morgan fingerprint density at radius 1 is 1.38 bits per heavy atom. The van der Waals surface area contributed by atoms with Crippen LogP contribution >= 0.6 is 23.1 Å². The number of aliphatic hydroxyl groups is 1. The van der Waals surface area contributed by atoms with Crippen molar-refractivity contribution < 1.29 is 5.11 Å². The Kier molecular flexibility index (Phi) is 5.28. The smallest absolute Gasteiger partial charge is 0.103 e. The van der Waals surface area contributed by atoms with Gasteiger partial charge in [-0.3, -0.25) is 0 Å². The monoisotopic (exact) mass is 259 g/mol. The number of hydrogen-bond acceptors (Lipinski definition) is 4. The Hall–Kier alpha value is -0.0600. The fraction of sp³-hybridized carbons (Fsp3) is 0.750. The minimum absolute atomic E-state index is 0.753. The summed E-state index contributed by atoms with van der Waals surface area (Å²) in [7, 11) is 0. The molecular formula is C12H21NOS2. The number of aryl methyl sites for hydroxylation is 1. The maximum atomic E-state index is 10.0. The van der Waals surface area contributed by atoms with Crippen LogP contribution in [0.3, 0.4) is 0 Å². The third-order valence-corrected chi connectivity index (χ3v) is 4.97. The molecule has 0 saturated heterocycles. The number of hydrogen-bond donors (Lipinski definition) is 1. The van der Waals surface area contributed by atoms with Crippen LogP contribution < -0.4 is 0 Å². The lowest BCUT2D eigenvalue weighted by molar-refractivity contribution is 0.0814. The van der Waals surface area contributed by atoms with E-state index in [0.29, 0.717) is 0 Å². The molecule has 1 N–H and O–H groups in total. The lowest BCUT2D eigenvalue weighted by atomic mass is 10.1. The van der Waals surface area contributed by atoms with E-state index in [9.17, 15) is 5.11 Å². The predicted octanol–water partition coefficient (Wildman–Crippen LogP) is 3.58. The van der Waals surface area contributed by atoms with Crippen molar-refractivity contribution in [2.45, 2.75) is 51.9 Å². The van der Waals surface area contributed by atoms with E-state index in [4.69, 9.17) is 0 Å². The van der Waals surface area contributed by atoms with Gasteiger partial charge in [0.25, 0.3) is 0 Å². The molecule has 0 atom stereocenters. The molecule has 4 heteroatoms. The van der Waals surface area contributed by atoms with Crippen LogP contribution in [0.25, 0.3) is 0 Å². The first kappa shape index (κ1) is 14.0. The molecule has 0 saturated carbocycles. The van der Waals surface area contributed by atoms with Crippen LogP contribution in [0.4, 0.5) is 0 Å². The van der Waals surface area contributed by atoms with Crippen LogP contribution in [-0.4, -0.2) is 15.8 Å². The second-order valence-electron chi connectivity index (χ2n) is 4.35. The molecule has 0 aromatic carbocycles. The van der Waals surface area contributed by atoms with E-state index in [-0.39, 0.29) is 0 Å². The molecule has 0 bridgehead atoms. The Morgan fingerprint density at radius 2 is 2.06 bits per heavy atom. The van der Waals surface area contributed by atoms with Crippen LogP contribution in [0.2, 0.25) is 0 Å². The van der Waals surface area contributed by atoms with Crippen molar-refractivity contribution in [3.05, 3.63) is 15.6 Å². The molecule has 0 unspecified atom stereocenters. The molecule has 0 fully saturated rings. The fourth-order valence-electron chi connectivity index (χ4n) is 1.48. The van der Waals surface area contributed by atoms with Gasteiger partial charge in [-0.15, -0.1) is 11.3 Å². The molecular weight excluding hydrogens is 238 g/mol. The first-order valence-electron chi connectivity index (χ1n) is 5.78. The third-order valence-electron chi connectivity index (χ3n) is 2.21. The van der Waals surface area contributed by atoms with Gasteiger partial charge < -0.3 is 5.11 Å². The minimum atomic E-state index is -0.753. The maximum absolute atomic E-state index is 10.0. The van der Waals surface area contributed by atoms with E-state index in [1.807, 2.05) is 25.6 Å². The molecule has 0 spiro atoms. The summed E-state index contributed by atoms with van der Waals surface area (Å²) >= 11 is 3.58. The molecule has 1 rings (SSSR count). The summed E-state index contributed by atoms with van der Waals surface area (Å²) in [6.07, 6.45) is 2.10. The largest absolute Gasteiger partial charge is 0.385 e. The van der Waals surface area contributed by atoms with E-state index in [0.717, 1.165) is 27.8 Å². The fourth-order valence-corrected chi connectivity index (χ4v) is 3.59. The highest BCUT2D eigenvalue weighted by molar-refractivity contribution is 7.98. The number of thioether (sulfide) groups is 1. The summed E-state index contributed by atoms with van der Waals surface area (Å²) < 4.78 is 0. The van der Waals surface area contributed by atoms with Gasteiger partial charge in [-0.25, -0.2) is 4.98 Å². The Balaban J connectivity index is 2.78. The van der Waals surface area contributed by atoms with Gasteiger partial charge in [-0.05, 0) is 32.4 Å². The first-order valence-corrected chi connectivity index (χ1v) is 7.75. The van der Waals surface area contributed by atoms with Gasteiger partial charge in [0, 0.05) is 5.75 Å². The highest BCUT2D eigenvalue weighted by atomic mass is 32.2. The van der Waals surface area contributed by atoms with Gasteiger partial charge in [-0.1, -0.05) is 13.8 Å². The average molecular weight is 259 g/mol. The first-order chi connectivity index (χ1) is 7.49. The molecule has 0 aliphatic heterocycles. The highest BCUT2D eigenvalue weighted by Crippen LogP contribution is 2.31. The molecule has 92 valence electrons. The molecule has 2 nitrogen and oxygen atoms in total. The molecule has 1 heterocycles. The third kappa shape index (κ3) is 3.75. The minimum Gasteiger partial charge on any atom is -0.385 e. The Labute approximate surface area is 106 Å². The van der Waals surface area contributed by atoms with E-state index in [2.05, 4.69) is 18.8 Å². The molecule has 1 aromatic heterocycles. The summed E-state index contributed by atoms with van der Waals surface area (Å²) in [5.74, 6) is 2.15. The summed E-state index contributed by atoms with van der Waals surface area (Å²) in [5, 5.41) is 11.2. The van der Waals surface area contributed by atoms with E-state index < -0.39 is 5.60 Å². The van der Waals surface area contributed by atoms with Crippen molar-refractivity contribution in [2.24, 2.45) is 0 Å². The molecule has 0 radical (unpaired) electrons. The molecule has 0 aliphatic carbocycles. The number of rotatable bonds is 6. The van der Waals surface area contributed by atoms with E-state index in [1.54, 1.807) is 11.3 Å². The predicted molar refractivity (Wildman–Crippen MR) is 73.2 cm³/mol. The van der Waals surface area contributed by atoms with Crippen LogP contribution in [0.1, 0.15) is 49.7 Å². The molecule has 0 aliphatic rings. The van der Waals surface area contributed by atoms with Gasteiger partial charge in [0.2, 0.25) is 0 Å². The SMILES string of the molecule is CCCSCc1nc(CC)c(C(C)(C)O)s1. The normalized spacial score (nSPS) is 12.1. The van der Waals surface area contributed by atoms with Crippen molar-refractivity contribution in [1.29, 1.82) is 0 Å². The second kappa shape index (κ2) is 6.03. The van der Waals surface area contributed by atoms with Crippen molar-refractivity contribution in [3.63, 3.8) is 0 Å². The summed E-state index contributed by atoms with van der Waals surface area (Å²) in [6, 6.07) is 0. The Morgan fingerprint density at radius 3 is 2.50 bits per heavy atom. The zero-order valence-electron chi connectivity index (χ0n) is 10.5. The maximum Gasteiger partial charge on any atom is 0.103 e. The summed E-state index contributed by atoms with van der Waals surface area (Å²) in [5.41, 5.74) is 0.307. The molecule has 16 heavy (non-hydrogen) atoms. The van der Waals surface area contributed by atoms with Gasteiger partial charge in [0.1, 0.15) is 5.01 Å². The van der Waals surface area contributed by atoms with Gasteiger partial charge in [0.15, 0.2) is 0 Å². The number of thiazole rings is 1. The highest BCUT2D eigenvalue weighted by Gasteiger charge is 2.23. The van der Waals surface area contributed by atoms with Gasteiger partial charge >= 0.3 is 0 Å². The van der Waals surface area contributed by atoms with Crippen LogP contribution in [-0.2, 0) is 17.8 Å². The van der Waals surface area contributed by atoms with Crippen molar-refractivity contribution in [1.82, 2.24) is 4.98 Å². The number of aromatic nitrogens is 1. The van der Waals surface area contributed by atoms with E-state index in [1.165, 1.54) is 12.2 Å². The standard InChI is InChI=1S/C12H21NOS2/c1-5-7-15-8-10-13-9(6-2)11(16-10)12(3,4)14/h14H,5-8H2,1-4H3. The van der Waals surface area contributed by atoms with Crippen molar-refractivity contribution >= 4 is 23.1 Å². The quantitative estimate of drug-likeness (QED) is 0.793. The van der Waals surface area contributed by atoms with Crippen LogP contribution in [0.5, 0.6) is 0 Å². The number of nitrogens with zero attached hydrogens (tertiary/aromatic N) is 1. The Bertz CT molecular complexity index is 328. The zero-order valence-corrected chi connectivity index (χ0v) is 12.2. The average Bonchev–Trinajstić information content (AvgIpc) is 2.61. The second-order valence-corrected chi connectivity index (χ2v) is 6.54. The van der Waals surface area contributed by atoms with Gasteiger partial charge in [0.05, 0.1) is 16.2 Å². The topological polar surface area (TPSA) is 33.1 Å². The lowest BCUT2D eigenvalue weighted by Gasteiger charge is -2.15. The van der Waals surface area contributed by atoms with Crippen molar-refractivity contribution in [2.75, 3.05) is 5.75 Å². The molecule has 1 aromatic rings.